The Morgan fingerprint density at radius 1 is 0.857 bits per heavy atom. The molecule has 0 spiro atoms. The maximum absolute atomic E-state index is 13.1. The highest BCUT2D eigenvalue weighted by Crippen LogP contribution is 2.29. The second-order valence-electron chi connectivity index (χ2n) is 3.83. The average molecular weight is 208 g/mol. The Hall–Kier alpha value is -1.10. The second-order valence-corrected chi connectivity index (χ2v) is 3.83. The van der Waals surface area contributed by atoms with Gasteiger partial charge in [0.2, 0.25) is 17.3 Å². The summed E-state index contributed by atoms with van der Waals surface area (Å²) in [5.74, 6) is -5.47. The summed E-state index contributed by atoms with van der Waals surface area (Å²) in [6, 6.07) is 0.198. The topological polar surface area (TPSA) is 0 Å². The molecule has 14 heavy (non-hydrogen) atoms. The predicted octanol–water partition coefficient (Wildman–Crippen LogP) is 2.44. The minimum Gasteiger partial charge on any atom is -0.293 e. The Kier molecular flexibility index (Phi) is 2.54. The maximum Gasteiger partial charge on any atom is 0.222 e. The van der Waals surface area contributed by atoms with Crippen LogP contribution in [0.25, 0.3) is 0 Å². The van der Waals surface area contributed by atoms with Crippen LogP contribution in [0, 0.1) is 23.3 Å². The van der Waals surface area contributed by atoms with Crippen molar-refractivity contribution in [1.82, 2.24) is 4.48 Å². The fraction of sp³-hybridized carbons (Fsp3) is 0.333. The summed E-state index contributed by atoms with van der Waals surface area (Å²) in [5.41, 5.74) is -0.623. The Bertz CT molecular complexity index is 342. The van der Waals surface area contributed by atoms with E-state index in [2.05, 4.69) is 0 Å². The van der Waals surface area contributed by atoms with Crippen LogP contribution in [-0.2, 0) is 0 Å². The van der Waals surface area contributed by atoms with E-state index in [4.69, 9.17) is 0 Å². The van der Waals surface area contributed by atoms with Crippen LogP contribution >= 0.6 is 0 Å². The number of benzene rings is 1. The zero-order valence-corrected chi connectivity index (χ0v) is 8.04. The van der Waals surface area contributed by atoms with Crippen LogP contribution < -0.4 is 4.48 Å². The zero-order chi connectivity index (χ0) is 11.1. The molecule has 0 amide bonds. The van der Waals surface area contributed by atoms with Crippen molar-refractivity contribution >= 4 is 5.69 Å². The van der Waals surface area contributed by atoms with Gasteiger partial charge in [-0.25, -0.2) is 8.78 Å². The van der Waals surface area contributed by atoms with Crippen molar-refractivity contribution in [2.24, 2.45) is 0 Å². The first-order valence-corrected chi connectivity index (χ1v) is 3.90. The molecule has 0 aliphatic heterocycles. The van der Waals surface area contributed by atoms with Crippen LogP contribution in [0.5, 0.6) is 0 Å². The van der Waals surface area contributed by atoms with Crippen LogP contribution in [-0.4, -0.2) is 21.1 Å². The van der Waals surface area contributed by atoms with E-state index >= 15 is 0 Å². The van der Waals surface area contributed by atoms with Gasteiger partial charge in [0.15, 0.2) is 11.6 Å². The number of nitrogens with zero attached hydrogens (tertiary/aromatic N) is 1. The molecular formula is C9H10F4N+. The molecule has 0 radical (unpaired) electrons. The van der Waals surface area contributed by atoms with Crippen LogP contribution in [0.15, 0.2) is 6.07 Å². The third-order valence-electron chi connectivity index (χ3n) is 1.76. The first-order valence-electron chi connectivity index (χ1n) is 3.90. The minimum absolute atomic E-state index is 0.198. The monoisotopic (exact) mass is 208 g/mol. The lowest BCUT2D eigenvalue weighted by Crippen LogP contribution is -2.37. The lowest BCUT2D eigenvalue weighted by molar-refractivity contribution is 0.388. The highest BCUT2D eigenvalue weighted by Gasteiger charge is 2.29. The molecule has 78 valence electrons. The van der Waals surface area contributed by atoms with Crippen LogP contribution in [0.2, 0.25) is 0 Å². The number of rotatable bonds is 1. The highest BCUT2D eigenvalue weighted by atomic mass is 19.2. The molecule has 1 nitrogen and oxygen atoms in total. The van der Waals surface area contributed by atoms with E-state index in [1.807, 2.05) is 0 Å². The molecule has 0 saturated heterocycles. The van der Waals surface area contributed by atoms with Gasteiger partial charge in [-0.05, 0) is 0 Å². The van der Waals surface area contributed by atoms with Crippen molar-refractivity contribution in [3.8, 4) is 0 Å². The molecule has 0 aromatic heterocycles. The fourth-order valence-electron chi connectivity index (χ4n) is 1.15. The SMILES string of the molecule is C[N+](C)(C)c1c(F)c(F)cc(F)c1F. The van der Waals surface area contributed by atoms with Crippen molar-refractivity contribution in [2.75, 3.05) is 21.1 Å². The minimum atomic E-state index is -1.38. The van der Waals surface area contributed by atoms with Gasteiger partial charge in [0.1, 0.15) is 0 Å². The molecule has 1 rings (SSSR count). The Balaban J connectivity index is 3.56. The van der Waals surface area contributed by atoms with Crippen LogP contribution in [0.1, 0.15) is 0 Å². The summed E-state index contributed by atoms with van der Waals surface area (Å²) >= 11 is 0. The van der Waals surface area contributed by atoms with Gasteiger partial charge in [0.05, 0.1) is 21.1 Å². The largest absolute Gasteiger partial charge is 0.293 e. The highest BCUT2D eigenvalue weighted by molar-refractivity contribution is 5.45. The number of hydrogen-bond acceptors (Lipinski definition) is 0. The van der Waals surface area contributed by atoms with Crippen molar-refractivity contribution in [3.05, 3.63) is 29.3 Å². The molecule has 0 aliphatic carbocycles. The average Bonchev–Trinajstić information content (AvgIpc) is 1.98. The van der Waals surface area contributed by atoms with E-state index in [9.17, 15) is 17.6 Å². The maximum atomic E-state index is 13.1. The van der Waals surface area contributed by atoms with E-state index in [0.29, 0.717) is 0 Å². The van der Waals surface area contributed by atoms with Crippen LogP contribution in [0.4, 0.5) is 23.2 Å². The van der Waals surface area contributed by atoms with Gasteiger partial charge in [0, 0.05) is 6.07 Å². The van der Waals surface area contributed by atoms with Gasteiger partial charge in [-0.3, -0.25) is 4.48 Å². The molecule has 0 unspecified atom stereocenters. The summed E-state index contributed by atoms with van der Waals surface area (Å²) in [6.45, 7) is 0. The first-order chi connectivity index (χ1) is 6.25. The third-order valence-corrected chi connectivity index (χ3v) is 1.76. The number of quaternary nitrogens is 1. The summed E-state index contributed by atoms with van der Waals surface area (Å²) < 4.78 is 51.5. The molecule has 0 N–H and O–H groups in total. The molecule has 0 fully saturated rings. The lowest BCUT2D eigenvalue weighted by atomic mass is 10.2. The molecular weight excluding hydrogens is 198 g/mol. The van der Waals surface area contributed by atoms with Gasteiger partial charge in [-0.2, -0.15) is 8.78 Å². The Labute approximate surface area is 79.2 Å². The number of hydrogen-bond donors (Lipinski definition) is 0. The molecule has 0 aliphatic rings. The van der Waals surface area contributed by atoms with Gasteiger partial charge in [-0.1, -0.05) is 0 Å². The van der Waals surface area contributed by atoms with E-state index in [0.717, 1.165) is 0 Å². The van der Waals surface area contributed by atoms with Gasteiger partial charge in [-0.15, -0.1) is 0 Å². The molecule has 0 saturated carbocycles. The fourth-order valence-corrected chi connectivity index (χ4v) is 1.15. The smallest absolute Gasteiger partial charge is 0.222 e. The zero-order valence-electron chi connectivity index (χ0n) is 8.04. The standard InChI is InChI=1S/C9H10F4N/c1-14(2,3)9-7(12)5(10)4-6(11)8(9)13/h4H,1-3H3/q+1. The predicted molar refractivity (Wildman–Crippen MR) is 45.8 cm³/mol. The first kappa shape index (κ1) is 11.0. The van der Waals surface area contributed by atoms with E-state index < -0.39 is 29.0 Å². The number of halogens is 4. The van der Waals surface area contributed by atoms with Crippen molar-refractivity contribution in [3.63, 3.8) is 0 Å². The lowest BCUT2D eigenvalue weighted by Gasteiger charge is -2.24. The van der Waals surface area contributed by atoms with Crippen molar-refractivity contribution in [1.29, 1.82) is 0 Å². The van der Waals surface area contributed by atoms with Crippen molar-refractivity contribution < 1.29 is 17.6 Å². The van der Waals surface area contributed by atoms with E-state index in [-0.39, 0.29) is 10.5 Å². The summed E-state index contributed by atoms with van der Waals surface area (Å²) in [6.07, 6.45) is 0. The quantitative estimate of drug-likeness (QED) is 0.378. The third kappa shape index (κ3) is 1.72. The summed E-state index contributed by atoms with van der Waals surface area (Å²) in [7, 11) is 4.25. The molecule has 1 aromatic rings. The van der Waals surface area contributed by atoms with E-state index in [1.165, 1.54) is 21.1 Å². The Morgan fingerprint density at radius 2 is 1.21 bits per heavy atom. The van der Waals surface area contributed by atoms with E-state index in [1.54, 1.807) is 0 Å². The molecule has 0 atom stereocenters. The molecule has 0 heterocycles. The summed E-state index contributed by atoms with van der Waals surface area (Å²) in [5, 5.41) is 0. The van der Waals surface area contributed by atoms with Gasteiger partial charge < -0.3 is 0 Å². The molecule has 1 aromatic carbocycles. The van der Waals surface area contributed by atoms with Gasteiger partial charge >= 0.3 is 0 Å². The Morgan fingerprint density at radius 3 is 1.50 bits per heavy atom. The van der Waals surface area contributed by atoms with Crippen LogP contribution in [0.3, 0.4) is 0 Å². The second kappa shape index (κ2) is 3.24. The van der Waals surface area contributed by atoms with Crippen molar-refractivity contribution in [2.45, 2.75) is 0 Å². The van der Waals surface area contributed by atoms with Gasteiger partial charge in [0.25, 0.3) is 0 Å². The normalized spacial score (nSPS) is 11.9. The summed E-state index contributed by atoms with van der Waals surface area (Å²) in [4.78, 5) is 0. The molecule has 5 heteroatoms. The molecule has 0 bridgehead atoms.